The van der Waals surface area contributed by atoms with Gasteiger partial charge >= 0.3 is 0 Å². The Kier molecular flexibility index (Phi) is 2.66. The zero-order valence-corrected chi connectivity index (χ0v) is 9.52. The summed E-state index contributed by atoms with van der Waals surface area (Å²) in [5, 5.41) is 19.5. The number of alkyl halides is 1. The molecular weight excluding hydrogens is 260 g/mol. The number of benzene rings is 1. The third-order valence-electron chi connectivity index (χ3n) is 2.83. The number of aliphatic hydroxyl groups is 2. The van der Waals surface area contributed by atoms with E-state index in [1.165, 1.54) is 0 Å². The summed E-state index contributed by atoms with van der Waals surface area (Å²) in [6, 6.07) is 7.29. The number of hydrogen-bond donors (Lipinski definition) is 2. The van der Waals surface area contributed by atoms with Crippen molar-refractivity contribution in [2.24, 2.45) is 0 Å². The minimum atomic E-state index is -1.18. The summed E-state index contributed by atoms with van der Waals surface area (Å²) < 4.78 is -1.18. The van der Waals surface area contributed by atoms with E-state index >= 15 is 0 Å². The Morgan fingerprint density at radius 3 is 2.73 bits per heavy atom. The van der Waals surface area contributed by atoms with E-state index in [0.29, 0.717) is 12.7 Å². The van der Waals surface area contributed by atoms with Crippen LogP contribution in [0.25, 0.3) is 0 Å². The minimum absolute atomic E-state index is 0.374. The summed E-state index contributed by atoms with van der Waals surface area (Å²) in [6.07, 6.45) is -1.01. The molecule has 3 atom stereocenters. The van der Waals surface area contributed by atoms with Crippen molar-refractivity contribution in [3.8, 4) is 0 Å². The number of carbonyl (C=O) groups is 1. The Labute approximate surface area is 95.9 Å². The van der Waals surface area contributed by atoms with Gasteiger partial charge in [-0.05, 0) is 11.1 Å². The van der Waals surface area contributed by atoms with Crippen LogP contribution < -0.4 is 0 Å². The van der Waals surface area contributed by atoms with Crippen molar-refractivity contribution in [1.29, 1.82) is 0 Å². The molecule has 3 unspecified atom stereocenters. The molecule has 0 aliphatic heterocycles. The highest BCUT2D eigenvalue weighted by atomic mass is 79.9. The van der Waals surface area contributed by atoms with Gasteiger partial charge in [0, 0.05) is 6.42 Å². The van der Waals surface area contributed by atoms with E-state index in [9.17, 15) is 15.0 Å². The van der Waals surface area contributed by atoms with E-state index in [0.717, 1.165) is 11.1 Å². The van der Waals surface area contributed by atoms with Crippen LogP contribution in [-0.2, 0) is 15.5 Å². The molecule has 3 nitrogen and oxygen atoms in total. The highest BCUT2D eigenvalue weighted by molar-refractivity contribution is 9.10. The number of carbonyl (C=O) groups excluding carboxylic acids is 1. The summed E-state index contributed by atoms with van der Waals surface area (Å²) >= 11 is 3.22. The van der Waals surface area contributed by atoms with Crippen molar-refractivity contribution in [3.05, 3.63) is 35.4 Å². The van der Waals surface area contributed by atoms with Gasteiger partial charge in [-0.15, -0.1) is 0 Å². The van der Waals surface area contributed by atoms with Gasteiger partial charge in [0.2, 0.25) is 0 Å². The first-order valence-electron chi connectivity index (χ1n) is 4.69. The van der Waals surface area contributed by atoms with Crippen LogP contribution in [0.3, 0.4) is 0 Å². The first-order chi connectivity index (χ1) is 7.09. The van der Waals surface area contributed by atoms with Gasteiger partial charge in [0.1, 0.15) is 16.7 Å². The van der Waals surface area contributed by atoms with E-state index in [1.54, 1.807) is 6.07 Å². The molecule has 1 aliphatic rings. The second-order valence-electron chi connectivity index (χ2n) is 3.76. The van der Waals surface area contributed by atoms with Crippen molar-refractivity contribution in [3.63, 3.8) is 0 Å². The van der Waals surface area contributed by atoms with Gasteiger partial charge in [-0.25, -0.2) is 0 Å². The molecule has 0 aromatic heterocycles. The zero-order chi connectivity index (χ0) is 11.1. The number of fused-ring (bicyclic) bond motifs is 1. The smallest absolute Gasteiger partial charge is 0.143 e. The van der Waals surface area contributed by atoms with Crippen LogP contribution >= 0.6 is 15.9 Å². The lowest BCUT2D eigenvalue weighted by Gasteiger charge is -2.37. The number of rotatable bonds is 1. The van der Waals surface area contributed by atoms with E-state index in [-0.39, 0.29) is 0 Å². The zero-order valence-electron chi connectivity index (χ0n) is 7.93. The molecule has 1 aromatic rings. The fourth-order valence-corrected chi connectivity index (χ4v) is 2.67. The van der Waals surface area contributed by atoms with Gasteiger partial charge in [0.25, 0.3) is 0 Å². The lowest BCUT2D eigenvalue weighted by atomic mass is 9.80. The van der Waals surface area contributed by atoms with Crippen LogP contribution in [0.2, 0.25) is 0 Å². The highest BCUT2D eigenvalue weighted by Crippen LogP contribution is 2.40. The summed E-state index contributed by atoms with van der Waals surface area (Å²) in [4.78, 5) is 11.1. The molecule has 0 spiro atoms. The molecule has 4 heteroatoms. The molecule has 0 saturated heterocycles. The minimum Gasteiger partial charge on any atom is -0.390 e. The third kappa shape index (κ3) is 1.53. The summed E-state index contributed by atoms with van der Waals surface area (Å²) in [7, 11) is 0. The molecule has 2 rings (SSSR count). The Balaban J connectivity index is 2.59. The SMILES string of the molecule is O=CC1(Br)c2ccccc2CC(O)C1O. The maximum atomic E-state index is 11.1. The molecule has 0 amide bonds. The molecular formula is C11H11BrO3. The second kappa shape index (κ2) is 3.70. The lowest BCUT2D eigenvalue weighted by Crippen LogP contribution is -2.48. The average Bonchev–Trinajstić information content (AvgIpc) is 2.26. The van der Waals surface area contributed by atoms with E-state index in [1.807, 2.05) is 18.2 Å². The van der Waals surface area contributed by atoms with Gasteiger partial charge in [-0.2, -0.15) is 0 Å². The molecule has 1 aliphatic carbocycles. The maximum Gasteiger partial charge on any atom is 0.143 e. The Morgan fingerprint density at radius 1 is 1.40 bits per heavy atom. The molecule has 15 heavy (non-hydrogen) atoms. The monoisotopic (exact) mass is 270 g/mol. The van der Waals surface area contributed by atoms with Crippen molar-refractivity contribution in [2.45, 2.75) is 23.0 Å². The molecule has 0 radical (unpaired) electrons. The number of hydrogen-bond acceptors (Lipinski definition) is 3. The number of aldehydes is 1. The Morgan fingerprint density at radius 2 is 2.07 bits per heavy atom. The van der Waals surface area contributed by atoms with E-state index < -0.39 is 16.5 Å². The van der Waals surface area contributed by atoms with Crippen LogP contribution in [0.1, 0.15) is 11.1 Å². The predicted molar refractivity (Wildman–Crippen MR) is 58.8 cm³/mol. The van der Waals surface area contributed by atoms with Crippen molar-refractivity contribution < 1.29 is 15.0 Å². The van der Waals surface area contributed by atoms with Crippen molar-refractivity contribution in [2.75, 3.05) is 0 Å². The Hall–Kier alpha value is -0.710. The van der Waals surface area contributed by atoms with Crippen molar-refractivity contribution in [1.82, 2.24) is 0 Å². The van der Waals surface area contributed by atoms with Gasteiger partial charge in [-0.3, -0.25) is 0 Å². The van der Waals surface area contributed by atoms with Gasteiger partial charge in [-0.1, -0.05) is 40.2 Å². The highest BCUT2D eigenvalue weighted by Gasteiger charge is 2.45. The number of halogens is 1. The molecule has 80 valence electrons. The normalized spacial score (nSPS) is 34.6. The predicted octanol–water partition coefficient (Wildman–Crippen LogP) is 0.754. The second-order valence-corrected chi connectivity index (χ2v) is 5.07. The quantitative estimate of drug-likeness (QED) is 0.585. The average molecular weight is 271 g/mol. The summed E-state index contributed by atoms with van der Waals surface area (Å²) in [6.45, 7) is 0. The molecule has 0 heterocycles. The molecule has 2 N–H and O–H groups in total. The van der Waals surface area contributed by atoms with Crippen LogP contribution in [0.5, 0.6) is 0 Å². The van der Waals surface area contributed by atoms with Gasteiger partial charge < -0.3 is 15.0 Å². The van der Waals surface area contributed by atoms with Crippen LogP contribution in [0, 0.1) is 0 Å². The Bertz CT molecular complexity index is 393. The number of aliphatic hydroxyl groups excluding tert-OH is 2. The van der Waals surface area contributed by atoms with Crippen molar-refractivity contribution >= 4 is 22.2 Å². The van der Waals surface area contributed by atoms with E-state index in [4.69, 9.17) is 0 Å². The summed E-state index contributed by atoms with van der Waals surface area (Å²) in [5.41, 5.74) is 1.62. The third-order valence-corrected chi connectivity index (χ3v) is 3.91. The topological polar surface area (TPSA) is 57.5 Å². The summed E-state index contributed by atoms with van der Waals surface area (Å²) in [5.74, 6) is 0. The fraction of sp³-hybridized carbons (Fsp3) is 0.364. The molecule has 0 saturated carbocycles. The standard InChI is InChI=1S/C11H11BrO3/c12-11(6-13)8-4-2-1-3-7(8)5-9(14)10(11)15/h1-4,6,9-10,14-15H,5H2. The first kappa shape index (κ1) is 10.8. The lowest BCUT2D eigenvalue weighted by molar-refractivity contribution is -0.115. The van der Waals surface area contributed by atoms with Crippen LogP contribution in [0.15, 0.2) is 24.3 Å². The molecule has 0 fully saturated rings. The fourth-order valence-electron chi connectivity index (χ4n) is 1.98. The van der Waals surface area contributed by atoms with E-state index in [2.05, 4.69) is 15.9 Å². The molecule has 0 bridgehead atoms. The van der Waals surface area contributed by atoms with Gasteiger partial charge in [0.05, 0.1) is 6.10 Å². The first-order valence-corrected chi connectivity index (χ1v) is 5.48. The molecule has 1 aromatic carbocycles. The maximum absolute atomic E-state index is 11.1. The van der Waals surface area contributed by atoms with Crippen LogP contribution in [0.4, 0.5) is 0 Å². The van der Waals surface area contributed by atoms with Gasteiger partial charge in [0.15, 0.2) is 0 Å². The largest absolute Gasteiger partial charge is 0.390 e. The van der Waals surface area contributed by atoms with Crippen LogP contribution in [-0.4, -0.2) is 28.7 Å².